The second kappa shape index (κ2) is 7.80. The van der Waals surface area contributed by atoms with Gasteiger partial charge in [-0.15, -0.1) is 0 Å². The summed E-state index contributed by atoms with van der Waals surface area (Å²) in [6.07, 6.45) is 0. The van der Waals surface area contributed by atoms with E-state index in [1.807, 2.05) is 48.5 Å². The first kappa shape index (κ1) is 14.7. The molecule has 0 aliphatic heterocycles. The van der Waals surface area contributed by atoms with Gasteiger partial charge in [0.15, 0.2) is 11.5 Å². The number of ether oxygens (including phenoxy) is 3. The van der Waals surface area contributed by atoms with E-state index in [4.69, 9.17) is 14.2 Å². The summed E-state index contributed by atoms with van der Waals surface area (Å²) in [6.45, 7) is 0.957. The number of alkyl halides is 1. The van der Waals surface area contributed by atoms with Crippen LogP contribution in [0, 0.1) is 0 Å². The zero-order valence-corrected chi connectivity index (χ0v) is 12.9. The average Bonchev–Trinajstić information content (AvgIpc) is 2.52. The zero-order valence-electron chi connectivity index (χ0n) is 11.3. The summed E-state index contributed by atoms with van der Waals surface area (Å²) in [4.78, 5) is 0. The highest BCUT2D eigenvalue weighted by Crippen LogP contribution is 2.32. The Morgan fingerprint density at radius 2 is 1.65 bits per heavy atom. The maximum atomic E-state index is 5.79. The fourth-order valence-electron chi connectivity index (χ4n) is 1.81. The van der Waals surface area contributed by atoms with E-state index in [1.54, 1.807) is 7.11 Å². The fraction of sp³-hybridized carbons (Fsp3) is 0.250. The molecule has 2 aromatic rings. The third-order valence-electron chi connectivity index (χ3n) is 2.77. The molecule has 0 radical (unpaired) electrons. The Hall–Kier alpha value is -1.68. The maximum Gasteiger partial charge on any atom is 0.165 e. The summed E-state index contributed by atoms with van der Waals surface area (Å²) in [7, 11) is 1.64. The van der Waals surface area contributed by atoms with Gasteiger partial charge in [0.1, 0.15) is 19.0 Å². The minimum absolute atomic E-state index is 0.468. The highest BCUT2D eigenvalue weighted by atomic mass is 79.9. The topological polar surface area (TPSA) is 27.7 Å². The van der Waals surface area contributed by atoms with Crippen LogP contribution >= 0.6 is 15.9 Å². The van der Waals surface area contributed by atoms with Crippen molar-refractivity contribution in [2.24, 2.45) is 0 Å². The number of rotatable bonds is 7. The lowest BCUT2D eigenvalue weighted by molar-refractivity contribution is 0.210. The Balaban J connectivity index is 1.90. The molecule has 0 heterocycles. The van der Waals surface area contributed by atoms with E-state index < -0.39 is 0 Å². The van der Waals surface area contributed by atoms with Crippen LogP contribution in [0.4, 0.5) is 0 Å². The minimum atomic E-state index is 0.468. The van der Waals surface area contributed by atoms with E-state index >= 15 is 0 Å². The lowest BCUT2D eigenvalue weighted by Gasteiger charge is -2.14. The van der Waals surface area contributed by atoms with Crippen molar-refractivity contribution in [3.05, 3.63) is 54.1 Å². The van der Waals surface area contributed by atoms with Gasteiger partial charge < -0.3 is 14.2 Å². The van der Waals surface area contributed by atoms with Crippen molar-refractivity contribution in [1.82, 2.24) is 0 Å². The standard InChI is InChI=1S/C16H17BrO3/c1-18-15-9-5-6-13(12-17)16(15)20-11-10-19-14-7-3-2-4-8-14/h2-9H,10-12H2,1H3. The summed E-state index contributed by atoms with van der Waals surface area (Å²) in [6, 6.07) is 15.5. The average molecular weight is 337 g/mol. The number of benzene rings is 2. The van der Waals surface area contributed by atoms with Gasteiger partial charge in [0.05, 0.1) is 7.11 Å². The van der Waals surface area contributed by atoms with Gasteiger partial charge in [-0.3, -0.25) is 0 Å². The molecule has 0 saturated carbocycles. The molecule has 0 bridgehead atoms. The van der Waals surface area contributed by atoms with E-state index in [1.165, 1.54) is 0 Å². The Labute approximate surface area is 127 Å². The SMILES string of the molecule is COc1cccc(CBr)c1OCCOc1ccccc1. The van der Waals surface area contributed by atoms with Gasteiger partial charge in [-0.25, -0.2) is 0 Å². The van der Waals surface area contributed by atoms with Gasteiger partial charge in [-0.2, -0.15) is 0 Å². The van der Waals surface area contributed by atoms with E-state index in [2.05, 4.69) is 15.9 Å². The van der Waals surface area contributed by atoms with E-state index in [-0.39, 0.29) is 0 Å². The van der Waals surface area contributed by atoms with Crippen LogP contribution in [0.15, 0.2) is 48.5 Å². The van der Waals surface area contributed by atoms with Crippen molar-refractivity contribution < 1.29 is 14.2 Å². The van der Waals surface area contributed by atoms with E-state index in [0.717, 1.165) is 28.1 Å². The van der Waals surface area contributed by atoms with Crippen LogP contribution in [-0.4, -0.2) is 20.3 Å². The number of methoxy groups -OCH3 is 1. The summed E-state index contributed by atoms with van der Waals surface area (Å²) in [5, 5.41) is 0.721. The Bertz CT molecular complexity index is 506. The summed E-state index contributed by atoms with van der Waals surface area (Å²) >= 11 is 3.45. The van der Waals surface area contributed by atoms with Crippen LogP contribution < -0.4 is 14.2 Å². The Morgan fingerprint density at radius 3 is 2.35 bits per heavy atom. The Morgan fingerprint density at radius 1 is 0.900 bits per heavy atom. The second-order valence-electron chi connectivity index (χ2n) is 4.09. The van der Waals surface area contributed by atoms with E-state index in [9.17, 15) is 0 Å². The van der Waals surface area contributed by atoms with Gasteiger partial charge in [-0.05, 0) is 18.2 Å². The first-order valence-electron chi connectivity index (χ1n) is 6.37. The molecule has 4 heteroatoms. The van der Waals surface area contributed by atoms with Gasteiger partial charge in [0, 0.05) is 10.9 Å². The van der Waals surface area contributed by atoms with E-state index in [0.29, 0.717) is 13.2 Å². The molecule has 3 nitrogen and oxygen atoms in total. The van der Waals surface area contributed by atoms with Crippen LogP contribution in [0.3, 0.4) is 0 Å². The lowest BCUT2D eigenvalue weighted by Crippen LogP contribution is -2.10. The molecule has 0 aromatic heterocycles. The first-order valence-corrected chi connectivity index (χ1v) is 7.49. The molecule has 2 aromatic carbocycles. The summed E-state index contributed by atoms with van der Waals surface area (Å²) in [5.74, 6) is 2.35. The van der Waals surface area contributed by atoms with Crippen LogP contribution in [0.5, 0.6) is 17.2 Å². The molecule has 106 valence electrons. The summed E-state index contributed by atoms with van der Waals surface area (Å²) < 4.78 is 16.7. The van der Waals surface area contributed by atoms with Crippen molar-refractivity contribution in [3.8, 4) is 17.2 Å². The third-order valence-corrected chi connectivity index (χ3v) is 3.37. The van der Waals surface area contributed by atoms with Gasteiger partial charge >= 0.3 is 0 Å². The van der Waals surface area contributed by atoms with Crippen molar-refractivity contribution in [2.75, 3.05) is 20.3 Å². The molecule has 0 saturated heterocycles. The normalized spacial score (nSPS) is 10.1. The highest BCUT2D eigenvalue weighted by molar-refractivity contribution is 9.08. The van der Waals surface area contributed by atoms with Crippen LogP contribution in [0.1, 0.15) is 5.56 Å². The van der Waals surface area contributed by atoms with Gasteiger partial charge in [-0.1, -0.05) is 46.3 Å². The van der Waals surface area contributed by atoms with Crippen LogP contribution in [0.25, 0.3) is 0 Å². The van der Waals surface area contributed by atoms with Crippen molar-refractivity contribution in [2.45, 2.75) is 5.33 Å². The minimum Gasteiger partial charge on any atom is -0.493 e. The molecule has 0 aliphatic carbocycles. The molecule has 0 amide bonds. The molecule has 0 unspecified atom stereocenters. The number of para-hydroxylation sites is 2. The van der Waals surface area contributed by atoms with Crippen molar-refractivity contribution in [1.29, 1.82) is 0 Å². The highest BCUT2D eigenvalue weighted by Gasteiger charge is 2.09. The third kappa shape index (κ3) is 3.90. The summed E-state index contributed by atoms with van der Waals surface area (Å²) in [5.41, 5.74) is 1.06. The van der Waals surface area contributed by atoms with Gasteiger partial charge in [0.25, 0.3) is 0 Å². The fourth-order valence-corrected chi connectivity index (χ4v) is 2.25. The Kier molecular flexibility index (Phi) is 5.74. The lowest BCUT2D eigenvalue weighted by atomic mass is 10.2. The number of hydrogen-bond acceptors (Lipinski definition) is 3. The maximum absolute atomic E-state index is 5.79. The number of halogens is 1. The molecular formula is C16H17BrO3. The molecule has 0 spiro atoms. The predicted octanol–water partition coefficient (Wildman–Crippen LogP) is 4.05. The smallest absolute Gasteiger partial charge is 0.165 e. The predicted molar refractivity (Wildman–Crippen MR) is 83.1 cm³/mol. The monoisotopic (exact) mass is 336 g/mol. The first-order chi connectivity index (χ1) is 9.85. The van der Waals surface area contributed by atoms with Crippen LogP contribution in [-0.2, 0) is 5.33 Å². The zero-order chi connectivity index (χ0) is 14.2. The molecule has 0 atom stereocenters. The number of hydrogen-bond donors (Lipinski definition) is 0. The van der Waals surface area contributed by atoms with Crippen LogP contribution in [0.2, 0.25) is 0 Å². The molecular weight excluding hydrogens is 320 g/mol. The molecule has 2 rings (SSSR count). The second-order valence-corrected chi connectivity index (χ2v) is 4.65. The van der Waals surface area contributed by atoms with Crippen molar-refractivity contribution in [3.63, 3.8) is 0 Å². The molecule has 0 N–H and O–H groups in total. The molecule has 0 aliphatic rings. The molecule has 20 heavy (non-hydrogen) atoms. The van der Waals surface area contributed by atoms with Gasteiger partial charge in [0.2, 0.25) is 0 Å². The quantitative estimate of drug-likeness (QED) is 0.564. The largest absolute Gasteiger partial charge is 0.493 e. The van der Waals surface area contributed by atoms with Crippen molar-refractivity contribution >= 4 is 15.9 Å². The molecule has 0 fully saturated rings.